The number of aromatic nitrogens is 2. The monoisotopic (exact) mass is 442 g/mol. The number of rotatable bonds is 5. The largest absolute Gasteiger partial charge is 0.463 e. The number of aliphatic hydroxyl groups is 4. The number of fused-ring (bicyclic) bond motifs is 1. The minimum absolute atomic E-state index is 0.470. The molecule has 9 heteroatoms. The Morgan fingerprint density at radius 2 is 1.87 bits per heavy atom. The molecule has 3 aromatic heterocycles. The van der Waals surface area contributed by atoms with Crippen LogP contribution in [0.15, 0.2) is 59.5 Å². The Morgan fingerprint density at radius 1 is 1.03 bits per heavy atom. The normalized spacial score (nSPS) is 26.5. The van der Waals surface area contributed by atoms with Crippen molar-refractivity contribution < 1.29 is 29.6 Å². The van der Waals surface area contributed by atoms with Gasteiger partial charge >= 0.3 is 0 Å². The molecular weight excluding hydrogens is 420 g/mol. The molecule has 0 radical (unpaired) electrons. The van der Waals surface area contributed by atoms with Gasteiger partial charge in [-0.3, -0.25) is 0 Å². The second-order valence-electron chi connectivity index (χ2n) is 7.57. The van der Waals surface area contributed by atoms with Gasteiger partial charge in [-0.1, -0.05) is 18.2 Å². The van der Waals surface area contributed by atoms with E-state index in [2.05, 4.69) is 4.98 Å². The molecule has 1 aliphatic rings. The molecule has 5 rings (SSSR count). The fourth-order valence-electron chi connectivity index (χ4n) is 4.03. The Bertz CT molecular complexity index is 1170. The molecule has 0 amide bonds. The molecule has 1 fully saturated rings. The predicted molar refractivity (Wildman–Crippen MR) is 114 cm³/mol. The minimum atomic E-state index is -1.43. The highest BCUT2D eigenvalue weighted by atomic mass is 32.1. The third-order valence-electron chi connectivity index (χ3n) is 5.62. The standard InChI is InChI=1S/C22H22N2O6S/c25-11-16-19(26)20(27)21(28)22(30-16)24-10-12(13-4-1-2-5-14(13)24)8-18-23-9-17(31-18)15-6-3-7-29-15/h1-7,9-10,16,19-22,25-28H,8,11H2/t16-,19-,20+,21-,22-/m1/s1. The van der Waals surface area contributed by atoms with Crippen molar-refractivity contribution >= 4 is 22.2 Å². The first-order valence-corrected chi connectivity index (χ1v) is 10.8. The summed E-state index contributed by atoms with van der Waals surface area (Å²) in [7, 11) is 0. The summed E-state index contributed by atoms with van der Waals surface area (Å²) < 4.78 is 13.0. The van der Waals surface area contributed by atoms with Crippen LogP contribution in [0.2, 0.25) is 0 Å². The lowest BCUT2D eigenvalue weighted by Crippen LogP contribution is -2.56. The second-order valence-corrected chi connectivity index (χ2v) is 8.69. The van der Waals surface area contributed by atoms with E-state index in [0.29, 0.717) is 6.42 Å². The molecule has 0 aliphatic carbocycles. The van der Waals surface area contributed by atoms with Gasteiger partial charge in [-0.25, -0.2) is 4.98 Å². The molecule has 4 aromatic rings. The van der Waals surface area contributed by atoms with Crippen LogP contribution in [-0.4, -0.2) is 61.0 Å². The highest BCUT2D eigenvalue weighted by molar-refractivity contribution is 7.15. The van der Waals surface area contributed by atoms with Crippen LogP contribution < -0.4 is 0 Å². The molecule has 162 valence electrons. The van der Waals surface area contributed by atoms with Gasteiger partial charge in [-0.15, -0.1) is 11.3 Å². The Kier molecular flexibility index (Phi) is 5.39. The molecule has 5 atom stereocenters. The van der Waals surface area contributed by atoms with Crippen LogP contribution in [0.4, 0.5) is 0 Å². The van der Waals surface area contributed by atoms with Crippen molar-refractivity contribution in [2.75, 3.05) is 6.61 Å². The number of hydrogen-bond acceptors (Lipinski definition) is 8. The maximum absolute atomic E-state index is 10.6. The number of benzene rings is 1. The van der Waals surface area contributed by atoms with Crippen LogP contribution in [0.5, 0.6) is 0 Å². The Morgan fingerprint density at radius 3 is 2.65 bits per heavy atom. The molecule has 0 spiro atoms. The molecule has 4 heterocycles. The van der Waals surface area contributed by atoms with E-state index in [1.54, 1.807) is 28.4 Å². The van der Waals surface area contributed by atoms with Crippen molar-refractivity contribution in [1.82, 2.24) is 9.55 Å². The molecule has 0 unspecified atom stereocenters. The van der Waals surface area contributed by atoms with Crippen LogP contribution in [0, 0.1) is 0 Å². The minimum Gasteiger partial charge on any atom is -0.463 e. The number of hydrogen-bond donors (Lipinski definition) is 4. The molecule has 0 bridgehead atoms. The van der Waals surface area contributed by atoms with Gasteiger partial charge in [0.05, 0.1) is 28.3 Å². The van der Waals surface area contributed by atoms with Crippen LogP contribution in [-0.2, 0) is 11.2 Å². The summed E-state index contributed by atoms with van der Waals surface area (Å²) in [5.74, 6) is 0.771. The first-order valence-electron chi connectivity index (χ1n) is 9.94. The summed E-state index contributed by atoms with van der Waals surface area (Å²) in [6.45, 7) is -0.470. The highest BCUT2D eigenvalue weighted by Gasteiger charge is 2.44. The first kappa shape index (κ1) is 20.4. The van der Waals surface area contributed by atoms with E-state index in [-0.39, 0.29) is 0 Å². The van der Waals surface area contributed by atoms with Crippen LogP contribution in [0.1, 0.15) is 16.8 Å². The second kappa shape index (κ2) is 8.19. The van der Waals surface area contributed by atoms with Crippen LogP contribution >= 0.6 is 11.3 Å². The van der Waals surface area contributed by atoms with Crippen LogP contribution in [0.25, 0.3) is 21.5 Å². The molecule has 1 aliphatic heterocycles. The van der Waals surface area contributed by atoms with Crippen molar-refractivity contribution in [1.29, 1.82) is 0 Å². The molecule has 8 nitrogen and oxygen atoms in total. The summed E-state index contributed by atoms with van der Waals surface area (Å²) in [6.07, 6.45) is -0.262. The van der Waals surface area contributed by atoms with Gasteiger partial charge in [0.15, 0.2) is 6.23 Å². The third kappa shape index (κ3) is 3.59. The number of thiazole rings is 1. The number of furan rings is 1. The Hall–Kier alpha value is -2.53. The lowest BCUT2D eigenvalue weighted by atomic mass is 9.98. The number of aliphatic hydroxyl groups excluding tert-OH is 4. The molecule has 0 saturated carbocycles. The molecule has 1 aromatic carbocycles. The van der Waals surface area contributed by atoms with Crippen molar-refractivity contribution in [3.8, 4) is 10.6 Å². The lowest BCUT2D eigenvalue weighted by molar-refractivity contribution is -0.250. The van der Waals surface area contributed by atoms with Gasteiger partial charge < -0.3 is 34.1 Å². The van der Waals surface area contributed by atoms with Gasteiger partial charge in [0, 0.05) is 24.2 Å². The zero-order chi connectivity index (χ0) is 21.5. The average Bonchev–Trinajstić information content (AvgIpc) is 3.53. The van der Waals surface area contributed by atoms with E-state index in [0.717, 1.165) is 32.1 Å². The predicted octanol–water partition coefficient (Wildman–Crippen LogP) is 1.92. The maximum atomic E-state index is 10.6. The summed E-state index contributed by atoms with van der Waals surface area (Å²) in [4.78, 5) is 5.46. The quantitative estimate of drug-likeness (QED) is 0.373. The average molecular weight is 442 g/mol. The van der Waals surface area contributed by atoms with Gasteiger partial charge in [0.2, 0.25) is 0 Å². The summed E-state index contributed by atoms with van der Waals surface area (Å²) in [6, 6.07) is 11.4. The van der Waals surface area contributed by atoms with Crippen molar-refractivity contribution in [2.45, 2.75) is 37.1 Å². The molecule has 1 saturated heterocycles. The zero-order valence-electron chi connectivity index (χ0n) is 16.4. The number of ether oxygens (including phenoxy) is 1. The zero-order valence-corrected chi connectivity index (χ0v) is 17.2. The van der Waals surface area contributed by atoms with Gasteiger partial charge in [-0.05, 0) is 23.8 Å². The summed E-state index contributed by atoms with van der Waals surface area (Å²) in [5.41, 5.74) is 1.79. The van der Waals surface area contributed by atoms with Crippen molar-refractivity contribution in [3.05, 3.63) is 65.6 Å². The van der Waals surface area contributed by atoms with Crippen LogP contribution in [0.3, 0.4) is 0 Å². The molecule has 31 heavy (non-hydrogen) atoms. The molecular formula is C22H22N2O6S. The topological polar surface area (TPSA) is 121 Å². The summed E-state index contributed by atoms with van der Waals surface area (Å²) in [5, 5.41) is 42.3. The SMILES string of the molecule is OC[C@H]1O[C@@H](n2cc(Cc3ncc(-c4ccco4)s3)c3ccccc32)[C@H](O)[C@@H](O)[C@@H]1O. The van der Waals surface area contributed by atoms with Gasteiger partial charge in [0.1, 0.15) is 30.2 Å². The van der Waals surface area contributed by atoms with E-state index in [1.807, 2.05) is 42.6 Å². The Labute approximate surface area is 181 Å². The number of nitrogens with zero attached hydrogens (tertiary/aromatic N) is 2. The smallest absolute Gasteiger partial charge is 0.163 e. The van der Waals surface area contributed by atoms with Crippen molar-refractivity contribution in [2.24, 2.45) is 0 Å². The first-order chi connectivity index (χ1) is 15.1. The third-order valence-corrected chi connectivity index (χ3v) is 6.64. The number of para-hydroxylation sites is 1. The highest BCUT2D eigenvalue weighted by Crippen LogP contribution is 2.35. The Balaban J connectivity index is 1.50. The fourth-order valence-corrected chi connectivity index (χ4v) is 4.94. The summed E-state index contributed by atoms with van der Waals surface area (Å²) >= 11 is 1.54. The van der Waals surface area contributed by atoms with Crippen molar-refractivity contribution in [3.63, 3.8) is 0 Å². The van der Waals surface area contributed by atoms with E-state index in [4.69, 9.17) is 9.15 Å². The lowest BCUT2D eigenvalue weighted by Gasteiger charge is -2.40. The maximum Gasteiger partial charge on any atom is 0.163 e. The van der Waals surface area contributed by atoms with E-state index in [1.165, 1.54) is 0 Å². The van der Waals surface area contributed by atoms with E-state index < -0.39 is 37.3 Å². The fraction of sp³-hybridized carbons (Fsp3) is 0.318. The van der Waals surface area contributed by atoms with E-state index in [9.17, 15) is 20.4 Å². The van der Waals surface area contributed by atoms with Gasteiger partial charge in [-0.2, -0.15) is 0 Å². The van der Waals surface area contributed by atoms with Gasteiger partial charge in [0.25, 0.3) is 0 Å². The molecule has 4 N–H and O–H groups in total. The van der Waals surface area contributed by atoms with E-state index >= 15 is 0 Å².